The molecule has 0 atom stereocenters. The van der Waals surface area contributed by atoms with Gasteiger partial charge in [0.25, 0.3) is 0 Å². The number of hydrogen-bond acceptors (Lipinski definition) is 3. The number of aryl methyl sites for hydroxylation is 1. The minimum Gasteiger partial charge on any atom is -0.311 e. The minimum absolute atomic E-state index is 0.239. The highest BCUT2D eigenvalue weighted by molar-refractivity contribution is 5.10. The van der Waals surface area contributed by atoms with Crippen LogP contribution in [0.25, 0.3) is 0 Å². The molecule has 1 heterocycles. The van der Waals surface area contributed by atoms with Gasteiger partial charge in [-0.15, -0.1) is 0 Å². The van der Waals surface area contributed by atoms with Crippen LogP contribution in [0.1, 0.15) is 44.9 Å². The Kier molecular flexibility index (Phi) is 4.42. The summed E-state index contributed by atoms with van der Waals surface area (Å²) in [5, 5.41) is 3.29. The van der Waals surface area contributed by atoms with Crippen molar-refractivity contribution in [2.45, 2.75) is 47.6 Å². The maximum atomic E-state index is 4.58. The number of rotatable bonds is 4. The summed E-state index contributed by atoms with van der Waals surface area (Å²) in [7, 11) is 0. The van der Waals surface area contributed by atoms with Gasteiger partial charge >= 0.3 is 0 Å². The molecule has 0 saturated heterocycles. The molecule has 0 aliphatic heterocycles. The third-order valence-electron chi connectivity index (χ3n) is 2.20. The van der Waals surface area contributed by atoms with Gasteiger partial charge in [0.05, 0.1) is 5.69 Å². The van der Waals surface area contributed by atoms with Crippen molar-refractivity contribution in [1.29, 1.82) is 0 Å². The van der Waals surface area contributed by atoms with E-state index < -0.39 is 0 Å². The van der Waals surface area contributed by atoms with E-state index in [0.717, 1.165) is 36.7 Å². The number of hydrogen-bond donors (Lipinski definition) is 1. The van der Waals surface area contributed by atoms with E-state index in [4.69, 9.17) is 0 Å². The molecule has 0 aromatic carbocycles. The van der Waals surface area contributed by atoms with E-state index >= 15 is 0 Å². The van der Waals surface area contributed by atoms with Crippen LogP contribution in [-0.2, 0) is 13.0 Å². The van der Waals surface area contributed by atoms with Crippen molar-refractivity contribution >= 4 is 0 Å². The molecule has 0 spiro atoms. The van der Waals surface area contributed by atoms with Gasteiger partial charge in [0, 0.05) is 18.7 Å². The molecule has 3 nitrogen and oxygen atoms in total. The molecule has 0 fully saturated rings. The first-order valence-corrected chi connectivity index (χ1v) is 5.95. The Bertz CT molecular complexity index is 340. The molecular formula is C13H23N3. The molecule has 0 aliphatic rings. The third kappa shape index (κ3) is 4.71. The Morgan fingerprint density at radius 2 is 1.94 bits per heavy atom. The first-order chi connectivity index (χ1) is 7.40. The quantitative estimate of drug-likeness (QED) is 0.849. The number of nitrogens with one attached hydrogen (secondary N) is 1. The van der Waals surface area contributed by atoms with Crippen LogP contribution in [0.2, 0.25) is 0 Å². The molecule has 16 heavy (non-hydrogen) atoms. The minimum atomic E-state index is 0.239. The lowest BCUT2D eigenvalue weighted by Gasteiger charge is -2.17. The molecular weight excluding hydrogens is 198 g/mol. The summed E-state index contributed by atoms with van der Waals surface area (Å²) < 4.78 is 0. The van der Waals surface area contributed by atoms with Crippen LogP contribution in [0.5, 0.6) is 0 Å². The standard InChI is InChI=1S/C13H23N3/c1-6-14-9-11-7-10(2)15-12(16-11)8-13(3,4)5/h7,14H,6,8-9H2,1-5H3. The van der Waals surface area contributed by atoms with Gasteiger partial charge in [-0.05, 0) is 24.9 Å². The second kappa shape index (κ2) is 5.39. The summed E-state index contributed by atoms with van der Waals surface area (Å²) in [5.74, 6) is 0.959. The molecule has 0 radical (unpaired) electrons. The number of aromatic nitrogens is 2. The lowest BCUT2D eigenvalue weighted by atomic mass is 9.92. The van der Waals surface area contributed by atoms with Gasteiger partial charge in [0.15, 0.2) is 0 Å². The Morgan fingerprint density at radius 3 is 2.50 bits per heavy atom. The molecule has 0 saturated carbocycles. The van der Waals surface area contributed by atoms with E-state index in [1.165, 1.54) is 0 Å². The molecule has 1 aromatic rings. The number of nitrogens with zero attached hydrogens (tertiary/aromatic N) is 2. The van der Waals surface area contributed by atoms with Gasteiger partial charge in [0.2, 0.25) is 0 Å². The molecule has 3 heteroatoms. The van der Waals surface area contributed by atoms with Crippen LogP contribution in [0.3, 0.4) is 0 Å². The van der Waals surface area contributed by atoms with Crippen LogP contribution in [0, 0.1) is 12.3 Å². The Balaban J connectivity index is 2.81. The molecule has 0 bridgehead atoms. The van der Waals surface area contributed by atoms with Gasteiger partial charge in [-0.1, -0.05) is 27.7 Å². The topological polar surface area (TPSA) is 37.8 Å². The largest absolute Gasteiger partial charge is 0.311 e. The Labute approximate surface area is 98.7 Å². The zero-order valence-corrected chi connectivity index (χ0v) is 11.1. The van der Waals surface area contributed by atoms with Crippen molar-refractivity contribution in [1.82, 2.24) is 15.3 Å². The van der Waals surface area contributed by atoms with Crippen molar-refractivity contribution in [3.8, 4) is 0 Å². The monoisotopic (exact) mass is 221 g/mol. The summed E-state index contributed by atoms with van der Waals surface area (Å²) in [4.78, 5) is 9.07. The van der Waals surface area contributed by atoms with Crippen LogP contribution >= 0.6 is 0 Å². The molecule has 0 amide bonds. The van der Waals surface area contributed by atoms with Gasteiger partial charge in [-0.3, -0.25) is 0 Å². The van der Waals surface area contributed by atoms with Gasteiger partial charge < -0.3 is 5.32 Å². The molecule has 90 valence electrons. The molecule has 1 aromatic heterocycles. The fourth-order valence-electron chi connectivity index (χ4n) is 1.60. The Hall–Kier alpha value is -0.960. The Morgan fingerprint density at radius 1 is 1.25 bits per heavy atom. The zero-order valence-electron chi connectivity index (χ0n) is 11.1. The van der Waals surface area contributed by atoms with Crippen LogP contribution in [0.4, 0.5) is 0 Å². The van der Waals surface area contributed by atoms with Crippen LogP contribution < -0.4 is 5.32 Å². The second-order valence-corrected chi connectivity index (χ2v) is 5.43. The molecule has 0 aliphatic carbocycles. The van der Waals surface area contributed by atoms with E-state index in [-0.39, 0.29) is 5.41 Å². The second-order valence-electron chi connectivity index (χ2n) is 5.43. The normalized spacial score (nSPS) is 11.8. The van der Waals surface area contributed by atoms with Gasteiger partial charge in [-0.25, -0.2) is 9.97 Å². The fourth-order valence-corrected chi connectivity index (χ4v) is 1.60. The predicted octanol–water partition coefficient (Wildman–Crippen LogP) is 2.48. The SMILES string of the molecule is CCNCc1cc(C)nc(CC(C)(C)C)n1. The van der Waals surface area contributed by atoms with E-state index in [1.807, 2.05) is 6.92 Å². The first-order valence-electron chi connectivity index (χ1n) is 5.95. The van der Waals surface area contributed by atoms with Crippen molar-refractivity contribution in [3.05, 3.63) is 23.3 Å². The maximum absolute atomic E-state index is 4.58. The molecule has 1 rings (SSSR count). The average Bonchev–Trinajstić information content (AvgIpc) is 2.10. The summed E-state index contributed by atoms with van der Waals surface area (Å²) in [6.07, 6.45) is 0.924. The van der Waals surface area contributed by atoms with Gasteiger partial charge in [0.1, 0.15) is 5.82 Å². The summed E-state index contributed by atoms with van der Waals surface area (Å²) in [5.41, 5.74) is 2.39. The maximum Gasteiger partial charge on any atom is 0.129 e. The summed E-state index contributed by atoms with van der Waals surface area (Å²) >= 11 is 0. The predicted molar refractivity (Wildman–Crippen MR) is 67.3 cm³/mol. The molecule has 0 unspecified atom stereocenters. The zero-order chi connectivity index (χ0) is 12.2. The first kappa shape index (κ1) is 13.1. The molecule has 1 N–H and O–H groups in total. The van der Waals surface area contributed by atoms with Crippen molar-refractivity contribution in [3.63, 3.8) is 0 Å². The highest BCUT2D eigenvalue weighted by atomic mass is 14.9. The van der Waals surface area contributed by atoms with Crippen molar-refractivity contribution in [2.75, 3.05) is 6.54 Å². The van der Waals surface area contributed by atoms with Crippen molar-refractivity contribution in [2.24, 2.45) is 5.41 Å². The van der Waals surface area contributed by atoms with E-state index in [1.54, 1.807) is 0 Å². The highest BCUT2D eigenvalue weighted by Crippen LogP contribution is 2.18. The van der Waals surface area contributed by atoms with Crippen LogP contribution in [-0.4, -0.2) is 16.5 Å². The van der Waals surface area contributed by atoms with E-state index in [9.17, 15) is 0 Å². The highest BCUT2D eigenvalue weighted by Gasteiger charge is 2.14. The van der Waals surface area contributed by atoms with Crippen LogP contribution in [0.15, 0.2) is 6.07 Å². The summed E-state index contributed by atoms with van der Waals surface area (Å²) in [6.45, 7) is 12.6. The average molecular weight is 221 g/mol. The lowest BCUT2D eigenvalue weighted by molar-refractivity contribution is 0.399. The summed E-state index contributed by atoms with van der Waals surface area (Å²) in [6, 6.07) is 2.05. The third-order valence-corrected chi connectivity index (χ3v) is 2.20. The smallest absolute Gasteiger partial charge is 0.129 e. The van der Waals surface area contributed by atoms with E-state index in [0.29, 0.717) is 0 Å². The van der Waals surface area contributed by atoms with Gasteiger partial charge in [-0.2, -0.15) is 0 Å². The lowest BCUT2D eigenvalue weighted by Crippen LogP contribution is -2.17. The van der Waals surface area contributed by atoms with Crippen molar-refractivity contribution < 1.29 is 0 Å². The fraction of sp³-hybridized carbons (Fsp3) is 0.692. The van der Waals surface area contributed by atoms with E-state index in [2.05, 4.69) is 49.0 Å².